The van der Waals surface area contributed by atoms with Gasteiger partial charge in [0.15, 0.2) is 0 Å². The third kappa shape index (κ3) is 3.22. The molecule has 0 amide bonds. The second-order valence-corrected chi connectivity index (χ2v) is 4.60. The van der Waals surface area contributed by atoms with Crippen LogP contribution in [0.5, 0.6) is 0 Å². The van der Waals surface area contributed by atoms with Gasteiger partial charge >= 0.3 is 0 Å². The topological polar surface area (TPSA) is 53.6 Å². The van der Waals surface area contributed by atoms with E-state index in [-0.39, 0.29) is 6.04 Å². The second kappa shape index (κ2) is 5.33. The van der Waals surface area contributed by atoms with Gasteiger partial charge in [0.25, 0.3) is 0 Å². The maximum atomic E-state index is 9.15. The molecule has 1 N–H and O–H groups in total. The van der Waals surface area contributed by atoms with Crippen LogP contribution in [-0.4, -0.2) is 21.9 Å². The predicted octanol–water partition coefficient (Wildman–Crippen LogP) is 2.38. The molecule has 0 aliphatic carbocycles. The van der Waals surface area contributed by atoms with Gasteiger partial charge in [-0.3, -0.25) is 10.00 Å². The van der Waals surface area contributed by atoms with Crippen molar-refractivity contribution in [2.75, 3.05) is 6.54 Å². The molecular formula is C11H17ClN4. The molecule has 2 unspecified atom stereocenters. The van der Waals surface area contributed by atoms with E-state index in [4.69, 9.17) is 16.9 Å². The summed E-state index contributed by atoms with van der Waals surface area (Å²) in [6, 6.07) is 2.44. The monoisotopic (exact) mass is 240 g/mol. The molecule has 0 radical (unpaired) electrons. The van der Waals surface area contributed by atoms with Crippen LogP contribution in [0.4, 0.5) is 0 Å². The molecule has 16 heavy (non-hydrogen) atoms. The lowest BCUT2D eigenvalue weighted by Gasteiger charge is -2.26. The van der Waals surface area contributed by atoms with E-state index < -0.39 is 5.54 Å². The van der Waals surface area contributed by atoms with E-state index in [9.17, 15) is 0 Å². The first-order valence-electron chi connectivity index (χ1n) is 5.36. The zero-order valence-corrected chi connectivity index (χ0v) is 10.6. The lowest BCUT2D eigenvalue weighted by Crippen LogP contribution is -2.42. The minimum absolute atomic E-state index is 0.135. The average molecular weight is 241 g/mol. The zero-order valence-electron chi connectivity index (χ0n) is 9.87. The van der Waals surface area contributed by atoms with Gasteiger partial charge in [-0.25, -0.2) is 0 Å². The van der Waals surface area contributed by atoms with Crippen LogP contribution in [-0.2, 0) is 0 Å². The largest absolute Gasteiger partial charge is 0.300 e. The Balaban J connectivity index is 2.70. The number of aromatic nitrogens is 2. The van der Waals surface area contributed by atoms with Crippen LogP contribution in [0.25, 0.3) is 0 Å². The Bertz CT molecular complexity index is 382. The predicted molar refractivity (Wildman–Crippen MR) is 64.3 cm³/mol. The van der Waals surface area contributed by atoms with Gasteiger partial charge in [-0.05, 0) is 20.4 Å². The van der Waals surface area contributed by atoms with Gasteiger partial charge in [-0.15, -0.1) is 0 Å². The van der Waals surface area contributed by atoms with Crippen molar-refractivity contribution in [3.63, 3.8) is 0 Å². The van der Waals surface area contributed by atoms with E-state index in [1.54, 1.807) is 17.1 Å². The highest BCUT2D eigenvalue weighted by Crippen LogP contribution is 2.21. The number of hydrogen-bond donors (Lipinski definition) is 1. The van der Waals surface area contributed by atoms with Crippen LogP contribution < -0.4 is 5.32 Å². The summed E-state index contributed by atoms with van der Waals surface area (Å²) in [5.41, 5.74) is -0.521. The Labute approximate surface area is 101 Å². The highest BCUT2D eigenvalue weighted by molar-refractivity contribution is 6.30. The Morgan fingerprint density at radius 3 is 2.88 bits per heavy atom. The number of rotatable bonds is 5. The standard InChI is InChI=1S/C11H17ClN4/c1-4-14-11(3,8-13)5-9(2)16-7-10(12)6-15-16/h6-7,9,14H,4-5H2,1-3H3. The van der Waals surface area contributed by atoms with Gasteiger partial charge in [0, 0.05) is 12.6 Å². The summed E-state index contributed by atoms with van der Waals surface area (Å²) in [5, 5.41) is 17.1. The fourth-order valence-corrected chi connectivity index (χ4v) is 1.93. The third-order valence-electron chi connectivity index (χ3n) is 2.54. The molecule has 0 saturated carbocycles. The molecule has 1 aromatic heterocycles. The summed E-state index contributed by atoms with van der Waals surface area (Å²) in [5.74, 6) is 0. The zero-order chi connectivity index (χ0) is 12.2. The molecule has 0 aliphatic heterocycles. The van der Waals surface area contributed by atoms with Crippen LogP contribution in [0.1, 0.15) is 33.2 Å². The molecule has 0 aromatic carbocycles. The van der Waals surface area contributed by atoms with E-state index in [2.05, 4.69) is 16.5 Å². The number of nitriles is 1. The highest BCUT2D eigenvalue weighted by Gasteiger charge is 2.26. The number of hydrogen-bond acceptors (Lipinski definition) is 3. The number of halogens is 1. The van der Waals surface area contributed by atoms with Crippen molar-refractivity contribution in [3.8, 4) is 6.07 Å². The quantitative estimate of drug-likeness (QED) is 0.860. The molecule has 1 aromatic rings. The molecule has 0 fully saturated rings. The molecule has 1 rings (SSSR count). The Hall–Kier alpha value is -1.05. The number of nitrogens with zero attached hydrogens (tertiary/aromatic N) is 3. The van der Waals surface area contributed by atoms with Gasteiger partial charge in [0.1, 0.15) is 5.54 Å². The summed E-state index contributed by atoms with van der Waals surface area (Å²) >= 11 is 5.81. The lowest BCUT2D eigenvalue weighted by molar-refractivity contribution is 0.338. The first kappa shape index (κ1) is 13.0. The van der Waals surface area contributed by atoms with E-state index in [1.807, 2.05) is 20.8 Å². The summed E-state index contributed by atoms with van der Waals surface area (Å²) in [6.07, 6.45) is 4.07. The van der Waals surface area contributed by atoms with Crippen molar-refractivity contribution in [1.29, 1.82) is 5.26 Å². The Kier molecular flexibility index (Phi) is 4.34. The molecule has 2 atom stereocenters. The lowest BCUT2D eigenvalue weighted by atomic mass is 9.95. The van der Waals surface area contributed by atoms with E-state index in [0.717, 1.165) is 6.54 Å². The highest BCUT2D eigenvalue weighted by atomic mass is 35.5. The molecule has 88 valence electrons. The van der Waals surface area contributed by atoms with E-state index in [0.29, 0.717) is 11.4 Å². The molecule has 0 bridgehead atoms. The first-order valence-corrected chi connectivity index (χ1v) is 5.74. The van der Waals surface area contributed by atoms with Gasteiger partial charge < -0.3 is 0 Å². The van der Waals surface area contributed by atoms with Crippen LogP contribution in [0.15, 0.2) is 12.4 Å². The summed E-state index contributed by atoms with van der Waals surface area (Å²) in [6.45, 7) is 6.69. The minimum atomic E-state index is -0.521. The van der Waals surface area contributed by atoms with Crippen molar-refractivity contribution in [2.45, 2.75) is 38.8 Å². The van der Waals surface area contributed by atoms with Crippen LogP contribution in [0.3, 0.4) is 0 Å². The second-order valence-electron chi connectivity index (χ2n) is 4.17. The SMILES string of the molecule is CCNC(C)(C#N)CC(C)n1cc(Cl)cn1. The van der Waals surface area contributed by atoms with Crippen molar-refractivity contribution in [2.24, 2.45) is 0 Å². The number of nitrogens with one attached hydrogen (secondary N) is 1. The van der Waals surface area contributed by atoms with Crippen molar-refractivity contribution in [3.05, 3.63) is 17.4 Å². The Morgan fingerprint density at radius 2 is 2.44 bits per heavy atom. The molecule has 0 spiro atoms. The molecule has 0 aliphatic rings. The maximum Gasteiger partial charge on any atom is 0.105 e. The van der Waals surface area contributed by atoms with Gasteiger partial charge in [0.05, 0.1) is 23.3 Å². The van der Waals surface area contributed by atoms with Crippen molar-refractivity contribution >= 4 is 11.6 Å². The molecular weight excluding hydrogens is 224 g/mol. The van der Waals surface area contributed by atoms with Crippen LogP contribution >= 0.6 is 11.6 Å². The first-order chi connectivity index (χ1) is 7.50. The average Bonchev–Trinajstić information content (AvgIpc) is 2.65. The molecule has 0 saturated heterocycles. The maximum absolute atomic E-state index is 9.15. The fourth-order valence-electron chi connectivity index (χ4n) is 1.79. The Morgan fingerprint density at radius 1 is 1.75 bits per heavy atom. The van der Waals surface area contributed by atoms with Gasteiger partial charge in [-0.2, -0.15) is 10.4 Å². The fraction of sp³-hybridized carbons (Fsp3) is 0.636. The van der Waals surface area contributed by atoms with Crippen LogP contribution in [0.2, 0.25) is 5.02 Å². The summed E-state index contributed by atoms with van der Waals surface area (Å²) < 4.78 is 1.79. The minimum Gasteiger partial charge on any atom is -0.300 e. The molecule has 1 heterocycles. The smallest absolute Gasteiger partial charge is 0.105 e. The van der Waals surface area contributed by atoms with E-state index in [1.165, 1.54) is 0 Å². The van der Waals surface area contributed by atoms with Crippen molar-refractivity contribution in [1.82, 2.24) is 15.1 Å². The summed E-state index contributed by atoms with van der Waals surface area (Å²) in [7, 11) is 0. The van der Waals surface area contributed by atoms with Gasteiger partial charge in [0.2, 0.25) is 0 Å². The summed E-state index contributed by atoms with van der Waals surface area (Å²) in [4.78, 5) is 0. The van der Waals surface area contributed by atoms with E-state index >= 15 is 0 Å². The van der Waals surface area contributed by atoms with Gasteiger partial charge in [-0.1, -0.05) is 18.5 Å². The van der Waals surface area contributed by atoms with Crippen molar-refractivity contribution < 1.29 is 0 Å². The normalized spacial score (nSPS) is 16.4. The third-order valence-corrected chi connectivity index (χ3v) is 2.73. The van der Waals surface area contributed by atoms with Crippen LogP contribution in [0, 0.1) is 11.3 Å². The molecule has 4 nitrogen and oxygen atoms in total. The molecule has 5 heteroatoms.